The molecule has 0 aliphatic heterocycles. The van der Waals surface area contributed by atoms with Gasteiger partial charge in [0.2, 0.25) is 0 Å². The minimum absolute atomic E-state index is 0.337. The summed E-state index contributed by atoms with van der Waals surface area (Å²) in [6.45, 7) is 4.02. The summed E-state index contributed by atoms with van der Waals surface area (Å²) in [5.74, 6) is -0.879. The highest BCUT2D eigenvalue weighted by atomic mass is 16.4. The molecule has 2 rings (SSSR count). The van der Waals surface area contributed by atoms with Crippen LogP contribution in [0.3, 0.4) is 0 Å². The van der Waals surface area contributed by atoms with Crippen molar-refractivity contribution in [2.75, 3.05) is 18.0 Å². The number of likely N-dealkylation sites (N-methyl/N-ethyl adjacent to an activating group) is 1. The molecule has 0 bridgehead atoms. The number of rotatable bonds is 6. The lowest BCUT2D eigenvalue weighted by Gasteiger charge is -2.23. The van der Waals surface area contributed by atoms with Gasteiger partial charge in [0.25, 0.3) is 0 Å². The van der Waals surface area contributed by atoms with Gasteiger partial charge in [-0.1, -0.05) is 30.3 Å². The summed E-state index contributed by atoms with van der Waals surface area (Å²) >= 11 is 0. The normalized spacial score (nSPS) is 10.2. The molecule has 0 saturated heterocycles. The van der Waals surface area contributed by atoms with Gasteiger partial charge in [-0.15, -0.1) is 0 Å². The number of anilines is 1. The highest BCUT2D eigenvalue weighted by Gasteiger charge is 2.05. The van der Waals surface area contributed by atoms with Gasteiger partial charge in [-0.25, -0.2) is 4.79 Å². The van der Waals surface area contributed by atoms with Crippen molar-refractivity contribution in [1.29, 1.82) is 0 Å². The van der Waals surface area contributed by atoms with E-state index in [0.717, 1.165) is 25.1 Å². The first-order valence-corrected chi connectivity index (χ1v) is 6.83. The number of para-hydroxylation sites is 1. The maximum atomic E-state index is 10.8. The Bertz CT molecular complexity index is 549. The Labute approximate surface area is 119 Å². The van der Waals surface area contributed by atoms with Crippen LogP contribution in [0.5, 0.6) is 0 Å². The third-order valence-corrected chi connectivity index (χ3v) is 3.37. The van der Waals surface area contributed by atoms with Gasteiger partial charge in [-0.3, -0.25) is 0 Å². The molecule has 0 heterocycles. The first-order valence-electron chi connectivity index (χ1n) is 6.83. The Kier molecular flexibility index (Phi) is 4.77. The van der Waals surface area contributed by atoms with Crippen LogP contribution in [0.15, 0.2) is 54.6 Å². The highest BCUT2D eigenvalue weighted by molar-refractivity contribution is 5.87. The molecule has 0 spiro atoms. The molecule has 104 valence electrons. The molecule has 0 amide bonds. The monoisotopic (exact) mass is 269 g/mol. The second-order valence-corrected chi connectivity index (χ2v) is 4.67. The number of carboxylic acid groups (broad SMARTS) is 1. The van der Waals surface area contributed by atoms with E-state index in [0.29, 0.717) is 5.56 Å². The Balaban J connectivity index is 1.98. The van der Waals surface area contributed by atoms with E-state index in [1.165, 1.54) is 5.69 Å². The minimum Gasteiger partial charge on any atom is -0.478 e. The summed E-state index contributed by atoms with van der Waals surface area (Å²) in [6, 6.07) is 17.4. The lowest BCUT2D eigenvalue weighted by atomic mass is 10.1. The molecule has 0 aliphatic carbocycles. The van der Waals surface area contributed by atoms with Crippen LogP contribution in [0.1, 0.15) is 22.8 Å². The average Bonchev–Trinajstić information content (AvgIpc) is 2.49. The molecule has 0 radical (unpaired) electrons. The fourth-order valence-corrected chi connectivity index (χ4v) is 2.19. The molecule has 0 unspecified atom stereocenters. The minimum atomic E-state index is -0.879. The molecule has 20 heavy (non-hydrogen) atoms. The average molecular weight is 269 g/mol. The van der Waals surface area contributed by atoms with Crippen LogP contribution in [0.2, 0.25) is 0 Å². The number of hydrogen-bond acceptors (Lipinski definition) is 2. The molecule has 2 aromatic carbocycles. The van der Waals surface area contributed by atoms with E-state index in [-0.39, 0.29) is 0 Å². The number of aromatic carboxylic acids is 1. The topological polar surface area (TPSA) is 40.5 Å². The van der Waals surface area contributed by atoms with Crippen LogP contribution in [0, 0.1) is 0 Å². The predicted octanol–water partition coefficient (Wildman–Crippen LogP) is 3.45. The number of benzene rings is 2. The van der Waals surface area contributed by atoms with Gasteiger partial charge in [0.15, 0.2) is 0 Å². The van der Waals surface area contributed by atoms with Crippen molar-refractivity contribution < 1.29 is 9.90 Å². The predicted molar refractivity (Wildman–Crippen MR) is 81.4 cm³/mol. The van der Waals surface area contributed by atoms with Gasteiger partial charge in [-0.05, 0) is 43.2 Å². The van der Waals surface area contributed by atoms with Crippen LogP contribution >= 0.6 is 0 Å². The molecule has 1 N–H and O–H groups in total. The molecule has 2 aromatic rings. The van der Waals surface area contributed by atoms with Crippen molar-refractivity contribution in [3.05, 3.63) is 65.7 Å². The third kappa shape index (κ3) is 3.60. The SMILES string of the molecule is CCN(CCc1ccc(C(=O)O)cc1)c1ccccc1. The quantitative estimate of drug-likeness (QED) is 0.873. The number of hydrogen-bond donors (Lipinski definition) is 1. The molecule has 3 heteroatoms. The van der Waals surface area contributed by atoms with Gasteiger partial charge in [0.05, 0.1) is 5.56 Å². The maximum Gasteiger partial charge on any atom is 0.335 e. The van der Waals surface area contributed by atoms with Gasteiger partial charge in [0.1, 0.15) is 0 Å². The zero-order valence-electron chi connectivity index (χ0n) is 11.6. The fraction of sp³-hybridized carbons (Fsp3) is 0.235. The van der Waals surface area contributed by atoms with Crippen LogP contribution in [0.4, 0.5) is 5.69 Å². The van der Waals surface area contributed by atoms with Crippen molar-refractivity contribution in [1.82, 2.24) is 0 Å². The number of carboxylic acids is 1. The lowest BCUT2D eigenvalue weighted by molar-refractivity contribution is 0.0697. The number of carbonyl (C=O) groups is 1. The molecule has 0 aliphatic rings. The van der Waals surface area contributed by atoms with Crippen molar-refractivity contribution in [3.63, 3.8) is 0 Å². The number of nitrogens with zero attached hydrogens (tertiary/aromatic N) is 1. The van der Waals surface area contributed by atoms with Gasteiger partial charge < -0.3 is 10.0 Å². The van der Waals surface area contributed by atoms with E-state index < -0.39 is 5.97 Å². The van der Waals surface area contributed by atoms with E-state index in [1.807, 2.05) is 30.3 Å². The Morgan fingerprint density at radius 3 is 2.25 bits per heavy atom. The highest BCUT2D eigenvalue weighted by Crippen LogP contribution is 2.14. The van der Waals surface area contributed by atoms with Crippen LogP contribution in [0.25, 0.3) is 0 Å². The van der Waals surface area contributed by atoms with E-state index in [1.54, 1.807) is 12.1 Å². The summed E-state index contributed by atoms with van der Waals surface area (Å²) in [5.41, 5.74) is 2.71. The standard InChI is InChI=1S/C17H19NO2/c1-2-18(16-6-4-3-5-7-16)13-12-14-8-10-15(11-9-14)17(19)20/h3-11H,2,12-13H2,1H3,(H,19,20). The summed E-state index contributed by atoms with van der Waals surface area (Å²) in [7, 11) is 0. The molecule has 0 atom stereocenters. The molecule has 0 fully saturated rings. The summed E-state index contributed by atoms with van der Waals surface area (Å²) in [5, 5.41) is 8.87. The molecular weight excluding hydrogens is 250 g/mol. The maximum absolute atomic E-state index is 10.8. The lowest BCUT2D eigenvalue weighted by Crippen LogP contribution is -2.25. The van der Waals surface area contributed by atoms with Crippen molar-refractivity contribution >= 4 is 11.7 Å². The molecule has 0 aromatic heterocycles. The second kappa shape index (κ2) is 6.75. The molecular formula is C17H19NO2. The first-order chi connectivity index (χ1) is 9.70. The van der Waals surface area contributed by atoms with Gasteiger partial charge in [-0.2, -0.15) is 0 Å². The van der Waals surface area contributed by atoms with Crippen LogP contribution in [-0.4, -0.2) is 24.2 Å². The Morgan fingerprint density at radius 2 is 1.70 bits per heavy atom. The van der Waals surface area contributed by atoms with Crippen LogP contribution in [-0.2, 0) is 6.42 Å². The van der Waals surface area contributed by atoms with E-state index >= 15 is 0 Å². The Morgan fingerprint density at radius 1 is 1.05 bits per heavy atom. The molecule has 0 saturated carbocycles. The van der Waals surface area contributed by atoms with E-state index in [9.17, 15) is 4.79 Å². The zero-order valence-corrected chi connectivity index (χ0v) is 11.6. The third-order valence-electron chi connectivity index (χ3n) is 3.37. The van der Waals surface area contributed by atoms with Gasteiger partial charge >= 0.3 is 5.97 Å². The smallest absolute Gasteiger partial charge is 0.335 e. The van der Waals surface area contributed by atoms with E-state index in [4.69, 9.17) is 5.11 Å². The largest absolute Gasteiger partial charge is 0.478 e. The van der Waals surface area contributed by atoms with Crippen molar-refractivity contribution in [3.8, 4) is 0 Å². The van der Waals surface area contributed by atoms with Gasteiger partial charge in [0, 0.05) is 18.8 Å². The summed E-state index contributed by atoms with van der Waals surface area (Å²) in [6.07, 6.45) is 0.905. The van der Waals surface area contributed by atoms with Crippen molar-refractivity contribution in [2.45, 2.75) is 13.3 Å². The fourth-order valence-electron chi connectivity index (χ4n) is 2.19. The summed E-state index contributed by atoms with van der Waals surface area (Å²) < 4.78 is 0. The Hall–Kier alpha value is -2.29. The first kappa shape index (κ1) is 14.1. The molecule has 3 nitrogen and oxygen atoms in total. The second-order valence-electron chi connectivity index (χ2n) is 4.67. The summed E-state index contributed by atoms with van der Waals surface area (Å²) in [4.78, 5) is 13.1. The zero-order chi connectivity index (χ0) is 14.4. The van der Waals surface area contributed by atoms with Crippen LogP contribution < -0.4 is 4.90 Å². The van der Waals surface area contributed by atoms with Crippen molar-refractivity contribution in [2.24, 2.45) is 0 Å². The van der Waals surface area contributed by atoms with E-state index in [2.05, 4.69) is 24.0 Å².